The summed E-state index contributed by atoms with van der Waals surface area (Å²) in [6.07, 6.45) is 7.36. The number of anilines is 1. The van der Waals surface area contributed by atoms with Crippen LogP contribution in [0.3, 0.4) is 0 Å². The van der Waals surface area contributed by atoms with Crippen LogP contribution in [0.2, 0.25) is 0 Å². The van der Waals surface area contributed by atoms with Crippen LogP contribution in [0.25, 0.3) is 0 Å². The van der Waals surface area contributed by atoms with Gasteiger partial charge in [0, 0.05) is 65.3 Å². The summed E-state index contributed by atoms with van der Waals surface area (Å²) in [6.45, 7) is 2.24. The number of rotatable bonds is 8. The fourth-order valence-corrected chi connectivity index (χ4v) is 3.30. The molecule has 2 aromatic heterocycles. The van der Waals surface area contributed by atoms with E-state index in [0.29, 0.717) is 43.4 Å². The highest BCUT2D eigenvalue weighted by atomic mass is 16.5. The molecule has 0 saturated carbocycles. The van der Waals surface area contributed by atoms with Crippen LogP contribution in [-0.2, 0) is 16.1 Å². The molecule has 1 unspecified atom stereocenters. The maximum Gasteiger partial charge on any atom is 0.254 e. The molecule has 29 heavy (non-hydrogen) atoms. The zero-order valence-electron chi connectivity index (χ0n) is 17.0. The minimum atomic E-state index is -0.231. The smallest absolute Gasteiger partial charge is 0.254 e. The van der Waals surface area contributed by atoms with Crippen LogP contribution < -0.4 is 10.2 Å². The minimum Gasteiger partial charge on any atom is -0.383 e. The van der Waals surface area contributed by atoms with E-state index in [9.17, 15) is 9.59 Å². The van der Waals surface area contributed by atoms with Crippen molar-refractivity contribution in [1.29, 1.82) is 0 Å². The summed E-state index contributed by atoms with van der Waals surface area (Å²) < 4.78 is 6.74. The van der Waals surface area contributed by atoms with Crippen LogP contribution in [0.5, 0.6) is 0 Å². The van der Waals surface area contributed by atoms with E-state index in [4.69, 9.17) is 4.74 Å². The van der Waals surface area contributed by atoms with E-state index in [1.807, 2.05) is 19.0 Å². The van der Waals surface area contributed by atoms with Crippen molar-refractivity contribution in [2.24, 2.45) is 0 Å². The summed E-state index contributed by atoms with van der Waals surface area (Å²) in [5, 5.41) is 2.83. The van der Waals surface area contributed by atoms with Gasteiger partial charge in [0.25, 0.3) is 5.91 Å². The highest BCUT2D eigenvalue weighted by Gasteiger charge is 2.31. The van der Waals surface area contributed by atoms with Gasteiger partial charge in [0.15, 0.2) is 0 Å². The Bertz CT molecular complexity index is 838. The number of hydrogen-bond acceptors (Lipinski definition) is 7. The summed E-state index contributed by atoms with van der Waals surface area (Å²) in [5.74, 6) is 0.312. The molecule has 2 amide bonds. The number of ether oxygens (including phenoxy) is 1. The average Bonchev–Trinajstić information content (AvgIpc) is 3.39. The van der Waals surface area contributed by atoms with Gasteiger partial charge in [-0.15, -0.1) is 0 Å². The van der Waals surface area contributed by atoms with Gasteiger partial charge in [-0.05, 0) is 6.42 Å². The summed E-state index contributed by atoms with van der Waals surface area (Å²) in [6, 6.07) is 0. The van der Waals surface area contributed by atoms with Gasteiger partial charge >= 0.3 is 0 Å². The first-order valence-electron chi connectivity index (χ1n) is 9.54. The number of carbonyl (C=O) groups excluding carboxylic acids is 2. The fourth-order valence-electron chi connectivity index (χ4n) is 3.30. The largest absolute Gasteiger partial charge is 0.383 e. The molecule has 3 heterocycles. The molecule has 10 heteroatoms. The Morgan fingerprint density at radius 1 is 1.38 bits per heavy atom. The molecule has 1 atom stereocenters. The van der Waals surface area contributed by atoms with Crippen molar-refractivity contribution >= 4 is 17.8 Å². The Balaban J connectivity index is 1.76. The number of hydrogen-bond donors (Lipinski definition) is 1. The third-order valence-electron chi connectivity index (χ3n) is 4.85. The van der Waals surface area contributed by atoms with Crippen LogP contribution in [0, 0.1) is 0 Å². The molecule has 10 nitrogen and oxygen atoms in total. The van der Waals surface area contributed by atoms with Gasteiger partial charge in [-0.3, -0.25) is 9.59 Å². The number of likely N-dealkylation sites (tertiary alicyclic amines) is 1. The van der Waals surface area contributed by atoms with E-state index in [2.05, 4.69) is 20.3 Å². The summed E-state index contributed by atoms with van der Waals surface area (Å²) in [4.78, 5) is 41.8. The molecule has 0 bridgehead atoms. The molecule has 0 radical (unpaired) electrons. The second-order valence-electron chi connectivity index (χ2n) is 7.17. The van der Waals surface area contributed by atoms with Crippen LogP contribution in [0.1, 0.15) is 28.4 Å². The zero-order chi connectivity index (χ0) is 20.8. The fraction of sp³-hybridized carbons (Fsp3) is 0.526. The van der Waals surface area contributed by atoms with Crippen LogP contribution in [0.4, 0.5) is 5.95 Å². The molecule has 3 rings (SSSR count). The highest BCUT2D eigenvalue weighted by Crippen LogP contribution is 2.29. The number of amides is 2. The molecule has 156 valence electrons. The molecule has 1 N–H and O–H groups in total. The van der Waals surface area contributed by atoms with E-state index in [1.54, 1.807) is 41.5 Å². The van der Waals surface area contributed by atoms with E-state index < -0.39 is 0 Å². The van der Waals surface area contributed by atoms with Crippen molar-refractivity contribution in [2.75, 3.05) is 52.3 Å². The van der Waals surface area contributed by atoms with Gasteiger partial charge in [0.05, 0.1) is 24.2 Å². The lowest BCUT2D eigenvalue weighted by atomic mass is 10.00. The molecule has 1 aliphatic heterocycles. The van der Waals surface area contributed by atoms with Crippen molar-refractivity contribution < 1.29 is 14.3 Å². The van der Waals surface area contributed by atoms with Gasteiger partial charge in [-0.2, -0.15) is 0 Å². The Morgan fingerprint density at radius 2 is 2.21 bits per heavy atom. The predicted molar refractivity (Wildman–Crippen MR) is 107 cm³/mol. The van der Waals surface area contributed by atoms with E-state index in [-0.39, 0.29) is 24.3 Å². The van der Waals surface area contributed by atoms with Crippen molar-refractivity contribution in [1.82, 2.24) is 29.7 Å². The van der Waals surface area contributed by atoms with E-state index >= 15 is 0 Å². The first-order chi connectivity index (χ1) is 14.0. The molecule has 1 saturated heterocycles. The van der Waals surface area contributed by atoms with Crippen molar-refractivity contribution in [3.05, 3.63) is 36.2 Å². The molecule has 0 aliphatic carbocycles. The summed E-state index contributed by atoms with van der Waals surface area (Å²) in [5.41, 5.74) is 1.12. The Morgan fingerprint density at radius 3 is 2.90 bits per heavy atom. The van der Waals surface area contributed by atoms with Gasteiger partial charge in [-0.25, -0.2) is 15.0 Å². The van der Waals surface area contributed by atoms with Gasteiger partial charge in [0.2, 0.25) is 11.9 Å². The van der Waals surface area contributed by atoms with Crippen LogP contribution in [-0.4, -0.2) is 83.7 Å². The number of nitrogens with zero attached hydrogens (tertiary/aromatic N) is 6. The van der Waals surface area contributed by atoms with E-state index in [0.717, 1.165) is 6.42 Å². The standard InChI is InChI=1S/C19H27N7O3/c1-24(2)19-22-10-15(18(28)21-6-9-29-3)17(23-19)14-4-7-26(11-14)16(27)12-25-8-5-20-13-25/h5,8,10,13-14H,4,6-7,9,11-12H2,1-3H3,(H,21,28). The van der Waals surface area contributed by atoms with Crippen molar-refractivity contribution in [3.8, 4) is 0 Å². The number of imidazole rings is 1. The monoisotopic (exact) mass is 401 g/mol. The maximum atomic E-state index is 12.7. The first kappa shape index (κ1) is 20.7. The SMILES string of the molecule is COCCNC(=O)c1cnc(N(C)C)nc1C1CCN(C(=O)Cn2ccnc2)C1. The van der Waals surface area contributed by atoms with Crippen molar-refractivity contribution in [3.63, 3.8) is 0 Å². The summed E-state index contributed by atoms with van der Waals surface area (Å²) >= 11 is 0. The second-order valence-corrected chi connectivity index (χ2v) is 7.17. The maximum absolute atomic E-state index is 12.7. The van der Waals surface area contributed by atoms with Gasteiger partial charge < -0.3 is 24.4 Å². The van der Waals surface area contributed by atoms with E-state index in [1.165, 1.54) is 0 Å². The predicted octanol–water partition coefficient (Wildman–Crippen LogP) is 0.131. The van der Waals surface area contributed by atoms with Crippen LogP contribution >= 0.6 is 0 Å². The van der Waals surface area contributed by atoms with Crippen molar-refractivity contribution in [2.45, 2.75) is 18.9 Å². The Kier molecular flexibility index (Phi) is 6.76. The Hall–Kier alpha value is -3.01. The topological polar surface area (TPSA) is 105 Å². The highest BCUT2D eigenvalue weighted by molar-refractivity contribution is 5.95. The Labute approximate surface area is 169 Å². The number of aromatic nitrogens is 4. The lowest BCUT2D eigenvalue weighted by Gasteiger charge is -2.19. The normalized spacial score (nSPS) is 16.1. The number of methoxy groups -OCH3 is 1. The van der Waals surface area contributed by atoms with Crippen LogP contribution in [0.15, 0.2) is 24.9 Å². The summed E-state index contributed by atoms with van der Waals surface area (Å²) in [7, 11) is 5.29. The number of nitrogens with one attached hydrogen (secondary N) is 1. The third-order valence-corrected chi connectivity index (χ3v) is 4.85. The quantitative estimate of drug-likeness (QED) is 0.627. The lowest BCUT2D eigenvalue weighted by molar-refractivity contribution is -0.130. The van der Waals surface area contributed by atoms with Gasteiger partial charge in [0.1, 0.15) is 6.54 Å². The van der Waals surface area contributed by atoms with Gasteiger partial charge in [-0.1, -0.05) is 0 Å². The lowest BCUT2D eigenvalue weighted by Crippen LogP contribution is -2.32. The molecule has 2 aromatic rings. The minimum absolute atomic E-state index is 0.0217. The third kappa shape index (κ3) is 5.08. The molecular weight excluding hydrogens is 374 g/mol. The second kappa shape index (κ2) is 9.46. The molecule has 1 fully saturated rings. The zero-order valence-corrected chi connectivity index (χ0v) is 17.0. The molecular formula is C19H27N7O3. The number of carbonyl (C=O) groups is 2. The first-order valence-corrected chi connectivity index (χ1v) is 9.54. The average molecular weight is 401 g/mol. The molecule has 0 spiro atoms. The molecule has 1 aliphatic rings. The molecule has 0 aromatic carbocycles.